The van der Waals surface area contributed by atoms with Crippen molar-refractivity contribution in [2.75, 3.05) is 0 Å². The molecule has 0 spiro atoms. The molecule has 1 fully saturated rings. The minimum atomic E-state index is 0.413. The van der Waals surface area contributed by atoms with Gasteiger partial charge in [0.1, 0.15) is 5.78 Å². The van der Waals surface area contributed by atoms with Crippen molar-refractivity contribution in [2.45, 2.75) is 25.7 Å². The van der Waals surface area contributed by atoms with Crippen molar-refractivity contribution in [3.05, 3.63) is 42.1 Å². The number of para-hydroxylation sites is 1. The maximum Gasteiger partial charge on any atom is 0.133 e. The predicted octanol–water partition coefficient (Wildman–Crippen LogP) is 3.15. The summed E-state index contributed by atoms with van der Waals surface area (Å²) >= 11 is 0. The summed E-state index contributed by atoms with van der Waals surface area (Å²) in [6.07, 6.45) is 3.48. The molecular formula is C15H15NO. The van der Waals surface area contributed by atoms with E-state index in [1.807, 2.05) is 18.2 Å². The topological polar surface area (TPSA) is 30.0 Å². The van der Waals surface area contributed by atoms with Crippen molar-refractivity contribution < 1.29 is 4.79 Å². The van der Waals surface area contributed by atoms with Crippen LogP contribution in [0.3, 0.4) is 0 Å². The quantitative estimate of drug-likeness (QED) is 0.785. The molecule has 1 aliphatic carbocycles. The molecule has 1 heterocycles. The maximum absolute atomic E-state index is 11.2. The molecule has 17 heavy (non-hydrogen) atoms. The van der Waals surface area contributed by atoms with E-state index in [-0.39, 0.29) is 0 Å². The molecule has 86 valence electrons. The van der Waals surface area contributed by atoms with Crippen molar-refractivity contribution in [2.24, 2.45) is 5.92 Å². The summed E-state index contributed by atoms with van der Waals surface area (Å²) in [4.78, 5) is 15.9. The third kappa shape index (κ3) is 2.21. The van der Waals surface area contributed by atoms with Crippen LogP contribution in [0.4, 0.5) is 0 Å². The molecule has 0 saturated heterocycles. The number of nitrogens with zero attached hydrogens (tertiary/aromatic N) is 1. The molecular weight excluding hydrogens is 210 g/mol. The maximum atomic E-state index is 11.2. The Morgan fingerprint density at radius 2 is 2.06 bits per heavy atom. The summed E-state index contributed by atoms with van der Waals surface area (Å²) in [6, 6.07) is 12.4. The first kappa shape index (κ1) is 10.5. The van der Waals surface area contributed by atoms with Crippen molar-refractivity contribution in [1.29, 1.82) is 0 Å². The second kappa shape index (κ2) is 4.28. The zero-order valence-corrected chi connectivity index (χ0v) is 9.73. The van der Waals surface area contributed by atoms with E-state index in [0.29, 0.717) is 11.7 Å². The lowest BCUT2D eigenvalue weighted by molar-refractivity contribution is -0.117. The normalized spacial score (nSPS) is 20.0. The van der Waals surface area contributed by atoms with Crippen LogP contribution < -0.4 is 0 Å². The summed E-state index contributed by atoms with van der Waals surface area (Å²) in [5.41, 5.74) is 2.16. The van der Waals surface area contributed by atoms with Crippen LogP contribution in [0.25, 0.3) is 10.9 Å². The highest BCUT2D eigenvalue weighted by Gasteiger charge is 2.22. The molecule has 1 saturated carbocycles. The van der Waals surface area contributed by atoms with E-state index < -0.39 is 0 Å². The second-order valence-electron chi connectivity index (χ2n) is 4.85. The van der Waals surface area contributed by atoms with E-state index >= 15 is 0 Å². The fourth-order valence-corrected chi connectivity index (χ4v) is 2.58. The number of hydrogen-bond donors (Lipinski definition) is 0. The van der Waals surface area contributed by atoms with Gasteiger partial charge in [-0.15, -0.1) is 0 Å². The summed E-state index contributed by atoms with van der Waals surface area (Å²) in [5.74, 6) is 0.923. The minimum absolute atomic E-state index is 0.413. The monoisotopic (exact) mass is 225 g/mol. The number of rotatable bonds is 2. The number of Topliss-reactive ketones (excluding diaryl/α,β-unsaturated/α-hetero) is 1. The van der Waals surface area contributed by atoms with Crippen LogP contribution in [-0.4, -0.2) is 10.8 Å². The lowest BCUT2D eigenvalue weighted by Crippen LogP contribution is -2.02. The molecule has 0 bridgehead atoms. The predicted molar refractivity (Wildman–Crippen MR) is 67.8 cm³/mol. The van der Waals surface area contributed by atoms with Crippen LogP contribution in [-0.2, 0) is 11.2 Å². The number of hydrogen-bond acceptors (Lipinski definition) is 2. The van der Waals surface area contributed by atoms with E-state index in [4.69, 9.17) is 0 Å². The van der Waals surface area contributed by atoms with E-state index in [9.17, 15) is 4.79 Å². The molecule has 1 aromatic heterocycles. The Labute approximate surface area is 101 Å². The molecule has 1 aromatic carbocycles. The van der Waals surface area contributed by atoms with Gasteiger partial charge in [-0.25, -0.2) is 0 Å². The smallest absolute Gasteiger partial charge is 0.133 e. The van der Waals surface area contributed by atoms with Gasteiger partial charge in [-0.1, -0.05) is 24.3 Å². The Morgan fingerprint density at radius 3 is 2.88 bits per heavy atom. The fourth-order valence-electron chi connectivity index (χ4n) is 2.58. The van der Waals surface area contributed by atoms with Crippen LogP contribution >= 0.6 is 0 Å². The Morgan fingerprint density at radius 1 is 1.18 bits per heavy atom. The number of fused-ring (bicyclic) bond motifs is 1. The summed E-state index contributed by atoms with van der Waals surface area (Å²) in [6.45, 7) is 0. The minimum Gasteiger partial charge on any atom is -0.300 e. The standard InChI is InChI=1S/C15H15NO/c17-14-8-5-11(10-14)9-13-7-6-12-3-1-2-4-15(12)16-13/h1-4,6-7,11H,5,8-10H2. The molecule has 3 rings (SSSR count). The van der Waals surface area contributed by atoms with Gasteiger partial charge in [0.2, 0.25) is 0 Å². The number of carbonyl (C=O) groups is 1. The second-order valence-corrected chi connectivity index (χ2v) is 4.85. The van der Waals surface area contributed by atoms with Gasteiger partial charge >= 0.3 is 0 Å². The molecule has 0 N–H and O–H groups in total. The number of carbonyl (C=O) groups excluding carboxylic acids is 1. The van der Waals surface area contributed by atoms with Crippen LogP contribution in [0.2, 0.25) is 0 Å². The van der Waals surface area contributed by atoms with E-state index in [2.05, 4.69) is 23.2 Å². The van der Waals surface area contributed by atoms with Crippen molar-refractivity contribution in [3.8, 4) is 0 Å². The Balaban J connectivity index is 1.83. The number of pyridine rings is 1. The third-order valence-corrected chi connectivity index (χ3v) is 3.50. The lowest BCUT2D eigenvalue weighted by atomic mass is 10.0. The largest absolute Gasteiger partial charge is 0.300 e. The summed E-state index contributed by atoms with van der Waals surface area (Å²) < 4.78 is 0. The average molecular weight is 225 g/mol. The Hall–Kier alpha value is -1.70. The van der Waals surface area contributed by atoms with Crippen molar-refractivity contribution >= 4 is 16.7 Å². The highest BCUT2D eigenvalue weighted by Crippen LogP contribution is 2.25. The lowest BCUT2D eigenvalue weighted by Gasteiger charge is -2.07. The Kier molecular flexibility index (Phi) is 2.63. The van der Waals surface area contributed by atoms with Gasteiger partial charge in [-0.2, -0.15) is 0 Å². The zero-order chi connectivity index (χ0) is 11.7. The van der Waals surface area contributed by atoms with Gasteiger partial charge in [-0.3, -0.25) is 9.78 Å². The average Bonchev–Trinajstić information content (AvgIpc) is 2.75. The number of benzene rings is 1. The SMILES string of the molecule is O=C1CCC(Cc2ccc3ccccc3n2)C1. The van der Waals surface area contributed by atoms with Gasteiger partial charge in [0, 0.05) is 23.9 Å². The molecule has 2 nitrogen and oxygen atoms in total. The molecule has 0 aliphatic heterocycles. The molecule has 2 aromatic rings. The Bertz CT molecular complexity index is 562. The van der Waals surface area contributed by atoms with Crippen LogP contribution in [0.1, 0.15) is 25.0 Å². The highest BCUT2D eigenvalue weighted by atomic mass is 16.1. The van der Waals surface area contributed by atoms with Crippen LogP contribution in [0.15, 0.2) is 36.4 Å². The number of aromatic nitrogens is 1. The summed E-state index contributed by atoms with van der Waals surface area (Å²) in [5, 5.41) is 1.18. The first-order valence-corrected chi connectivity index (χ1v) is 6.17. The first-order valence-electron chi connectivity index (χ1n) is 6.17. The van der Waals surface area contributed by atoms with Crippen LogP contribution in [0, 0.1) is 5.92 Å². The third-order valence-electron chi connectivity index (χ3n) is 3.50. The fraction of sp³-hybridized carbons (Fsp3) is 0.333. The highest BCUT2D eigenvalue weighted by molar-refractivity contribution is 5.81. The van der Waals surface area contributed by atoms with Gasteiger partial charge in [0.25, 0.3) is 0 Å². The molecule has 2 heteroatoms. The first-order chi connectivity index (χ1) is 8.31. The van der Waals surface area contributed by atoms with E-state index in [0.717, 1.165) is 36.9 Å². The van der Waals surface area contributed by atoms with Gasteiger partial charge in [-0.05, 0) is 30.9 Å². The molecule has 1 unspecified atom stereocenters. The summed E-state index contributed by atoms with van der Waals surface area (Å²) in [7, 11) is 0. The van der Waals surface area contributed by atoms with E-state index in [1.165, 1.54) is 5.39 Å². The van der Waals surface area contributed by atoms with Gasteiger partial charge in [0.15, 0.2) is 0 Å². The molecule has 1 aliphatic rings. The number of ketones is 1. The molecule has 0 radical (unpaired) electrons. The molecule has 1 atom stereocenters. The van der Waals surface area contributed by atoms with Crippen LogP contribution in [0.5, 0.6) is 0 Å². The van der Waals surface area contributed by atoms with Gasteiger partial charge in [0.05, 0.1) is 5.52 Å². The van der Waals surface area contributed by atoms with Gasteiger partial charge < -0.3 is 0 Å². The van der Waals surface area contributed by atoms with E-state index in [1.54, 1.807) is 0 Å². The zero-order valence-electron chi connectivity index (χ0n) is 9.73. The molecule has 0 amide bonds. The van der Waals surface area contributed by atoms with Crippen molar-refractivity contribution in [1.82, 2.24) is 4.98 Å². The van der Waals surface area contributed by atoms with Crippen molar-refractivity contribution in [3.63, 3.8) is 0 Å².